The number of rotatable bonds is 6. The molecule has 1 aliphatic rings. The van der Waals surface area contributed by atoms with Gasteiger partial charge in [-0.2, -0.15) is 0 Å². The largest absolute Gasteiger partial charge is 0.494 e. The molecule has 3 rings (SSSR count). The number of amides is 1. The van der Waals surface area contributed by atoms with E-state index in [0.717, 1.165) is 12.1 Å². The maximum atomic E-state index is 13.5. The molecule has 26 heavy (non-hydrogen) atoms. The summed E-state index contributed by atoms with van der Waals surface area (Å²) in [7, 11) is 0. The van der Waals surface area contributed by atoms with Gasteiger partial charge < -0.3 is 15.0 Å². The zero-order valence-corrected chi connectivity index (χ0v) is 14.5. The fraction of sp³-hybridized carbons (Fsp3) is 0.350. The lowest BCUT2D eigenvalue weighted by Gasteiger charge is -2.36. The first-order valence-electron chi connectivity index (χ1n) is 8.77. The lowest BCUT2D eigenvalue weighted by molar-refractivity contribution is -0.134. The summed E-state index contributed by atoms with van der Waals surface area (Å²) in [6.45, 7) is 2.32. The highest BCUT2D eigenvalue weighted by atomic mass is 19.1. The fourth-order valence-corrected chi connectivity index (χ4v) is 3.10. The van der Waals surface area contributed by atoms with E-state index in [1.165, 1.54) is 24.3 Å². The van der Waals surface area contributed by atoms with E-state index in [1.54, 1.807) is 18.2 Å². The maximum absolute atomic E-state index is 13.5. The van der Waals surface area contributed by atoms with E-state index in [-0.39, 0.29) is 23.6 Å². The number of piperazine rings is 1. The molecule has 0 bridgehead atoms. The quantitative estimate of drug-likeness (QED) is 0.804. The fourth-order valence-electron chi connectivity index (χ4n) is 3.10. The van der Waals surface area contributed by atoms with Gasteiger partial charge in [0.1, 0.15) is 17.4 Å². The SMILES string of the molecule is O=C(CCCOc1ccc(F)cc1)N1CCNCC1c1cccc(F)c1. The van der Waals surface area contributed by atoms with Gasteiger partial charge in [-0.05, 0) is 48.4 Å². The highest BCUT2D eigenvalue weighted by Crippen LogP contribution is 2.24. The van der Waals surface area contributed by atoms with Gasteiger partial charge in [-0.25, -0.2) is 8.78 Å². The first-order valence-corrected chi connectivity index (χ1v) is 8.77. The molecule has 1 aliphatic heterocycles. The Balaban J connectivity index is 1.52. The number of hydrogen-bond acceptors (Lipinski definition) is 3. The van der Waals surface area contributed by atoms with Crippen LogP contribution < -0.4 is 10.1 Å². The molecule has 1 unspecified atom stereocenters. The highest BCUT2D eigenvalue weighted by molar-refractivity contribution is 5.77. The number of nitrogens with one attached hydrogen (secondary N) is 1. The molecule has 0 spiro atoms. The number of carbonyl (C=O) groups is 1. The Kier molecular flexibility index (Phi) is 6.17. The van der Waals surface area contributed by atoms with Gasteiger partial charge in [-0.3, -0.25) is 4.79 Å². The van der Waals surface area contributed by atoms with E-state index in [2.05, 4.69) is 5.32 Å². The predicted molar refractivity (Wildman–Crippen MR) is 94.9 cm³/mol. The van der Waals surface area contributed by atoms with Crippen LogP contribution in [0.25, 0.3) is 0 Å². The van der Waals surface area contributed by atoms with Crippen LogP contribution in [-0.4, -0.2) is 37.0 Å². The molecule has 1 N–H and O–H groups in total. The summed E-state index contributed by atoms with van der Waals surface area (Å²) >= 11 is 0. The van der Waals surface area contributed by atoms with E-state index in [9.17, 15) is 13.6 Å². The number of benzene rings is 2. The molecule has 1 fully saturated rings. The van der Waals surface area contributed by atoms with Crippen LogP contribution in [0.4, 0.5) is 8.78 Å². The molecule has 2 aromatic rings. The van der Waals surface area contributed by atoms with Gasteiger partial charge in [0.2, 0.25) is 5.91 Å². The molecule has 1 amide bonds. The van der Waals surface area contributed by atoms with Crippen LogP contribution in [0.1, 0.15) is 24.4 Å². The van der Waals surface area contributed by atoms with E-state index < -0.39 is 0 Å². The zero-order chi connectivity index (χ0) is 18.4. The van der Waals surface area contributed by atoms with Crippen LogP contribution in [0, 0.1) is 11.6 Å². The molecular formula is C20H22F2N2O2. The van der Waals surface area contributed by atoms with Crippen molar-refractivity contribution in [2.45, 2.75) is 18.9 Å². The van der Waals surface area contributed by atoms with Crippen LogP contribution in [0.3, 0.4) is 0 Å². The van der Waals surface area contributed by atoms with E-state index in [0.29, 0.717) is 38.3 Å². The summed E-state index contributed by atoms with van der Waals surface area (Å²) in [6.07, 6.45) is 0.920. The van der Waals surface area contributed by atoms with Crippen molar-refractivity contribution in [3.63, 3.8) is 0 Å². The van der Waals surface area contributed by atoms with Gasteiger partial charge in [0.25, 0.3) is 0 Å². The van der Waals surface area contributed by atoms with Gasteiger partial charge >= 0.3 is 0 Å². The summed E-state index contributed by atoms with van der Waals surface area (Å²) in [5, 5.41) is 3.26. The number of halogens is 2. The minimum absolute atomic E-state index is 0.0310. The van der Waals surface area contributed by atoms with Crippen molar-refractivity contribution in [1.29, 1.82) is 0 Å². The zero-order valence-electron chi connectivity index (χ0n) is 14.5. The van der Waals surface area contributed by atoms with E-state index in [4.69, 9.17) is 4.74 Å². The average molecular weight is 360 g/mol. The molecule has 0 aliphatic carbocycles. The molecule has 138 valence electrons. The standard InChI is InChI=1S/C20H22F2N2O2/c21-16-6-8-18(9-7-16)26-12-2-5-20(25)24-11-10-23-14-19(24)15-3-1-4-17(22)13-15/h1,3-4,6-9,13,19,23H,2,5,10-12,14H2. The van der Waals surface area contributed by atoms with Crippen LogP contribution >= 0.6 is 0 Å². The average Bonchev–Trinajstić information content (AvgIpc) is 2.66. The summed E-state index contributed by atoms with van der Waals surface area (Å²) in [5.41, 5.74) is 0.799. The normalized spacial score (nSPS) is 17.2. The lowest BCUT2D eigenvalue weighted by atomic mass is 10.0. The van der Waals surface area contributed by atoms with Crippen LogP contribution in [0.2, 0.25) is 0 Å². The molecule has 0 saturated carbocycles. The number of carbonyl (C=O) groups excluding carboxylic acids is 1. The van der Waals surface area contributed by atoms with Crippen molar-refractivity contribution in [2.75, 3.05) is 26.2 Å². The van der Waals surface area contributed by atoms with Crippen molar-refractivity contribution in [1.82, 2.24) is 10.2 Å². The summed E-state index contributed by atoms with van der Waals surface area (Å²) in [6, 6.07) is 12.0. The third-order valence-electron chi connectivity index (χ3n) is 4.41. The molecular weight excluding hydrogens is 338 g/mol. The van der Waals surface area contributed by atoms with Crippen LogP contribution in [0.5, 0.6) is 5.75 Å². The van der Waals surface area contributed by atoms with Crippen LogP contribution in [-0.2, 0) is 4.79 Å². The lowest BCUT2D eigenvalue weighted by Crippen LogP contribution is -2.48. The molecule has 1 atom stereocenters. The van der Waals surface area contributed by atoms with Gasteiger partial charge in [0, 0.05) is 26.1 Å². The topological polar surface area (TPSA) is 41.6 Å². The van der Waals surface area contributed by atoms with E-state index in [1.807, 2.05) is 11.0 Å². The summed E-state index contributed by atoms with van der Waals surface area (Å²) in [4.78, 5) is 14.4. The Morgan fingerprint density at radius 3 is 2.73 bits per heavy atom. The monoisotopic (exact) mass is 360 g/mol. The van der Waals surface area contributed by atoms with Crippen molar-refractivity contribution in [3.8, 4) is 5.75 Å². The Morgan fingerprint density at radius 2 is 1.96 bits per heavy atom. The van der Waals surface area contributed by atoms with Gasteiger partial charge in [0.05, 0.1) is 12.6 Å². The summed E-state index contributed by atoms with van der Waals surface area (Å²) < 4.78 is 31.9. The Hall–Kier alpha value is -2.47. The smallest absolute Gasteiger partial charge is 0.223 e. The van der Waals surface area contributed by atoms with Gasteiger partial charge in [0.15, 0.2) is 0 Å². The third-order valence-corrected chi connectivity index (χ3v) is 4.41. The molecule has 6 heteroatoms. The highest BCUT2D eigenvalue weighted by Gasteiger charge is 2.27. The molecule has 1 saturated heterocycles. The van der Waals surface area contributed by atoms with Crippen molar-refractivity contribution in [3.05, 3.63) is 65.7 Å². The van der Waals surface area contributed by atoms with Crippen molar-refractivity contribution >= 4 is 5.91 Å². The second-order valence-corrected chi connectivity index (χ2v) is 6.27. The Bertz CT molecular complexity index is 737. The second kappa shape index (κ2) is 8.76. The molecule has 0 aromatic heterocycles. The van der Waals surface area contributed by atoms with Crippen molar-refractivity contribution in [2.24, 2.45) is 0 Å². The number of ether oxygens (including phenoxy) is 1. The van der Waals surface area contributed by atoms with Crippen LogP contribution in [0.15, 0.2) is 48.5 Å². The maximum Gasteiger partial charge on any atom is 0.223 e. The first-order chi connectivity index (χ1) is 12.6. The molecule has 1 heterocycles. The minimum atomic E-state index is -0.311. The second-order valence-electron chi connectivity index (χ2n) is 6.27. The molecule has 2 aromatic carbocycles. The third kappa shape index (κ3) is 4.79. The number of nitrogens with zero attached hydrogens (tertiary/aromatic N) is 1. The van der Waals surface area contributed by atoms with Gasteiger partial charge in [-0.15, -0.1) is 0 Å². The summed E-state index contributed by atoms with van der Waals surface area (Å²) in [5.74, 6) is 0.00456. The molecule has 4 nitrogen and oxygen atoms in total. The minimum Gasteiger partial charge on any atom is -0.494 e. The Morgan fingerprint density at radius 1 is 1.15 bits per heavy atom. The molecule has 0 radical (unpaired) electrons. The Labute approximate surface area is 151 Å². The van der Waals surface area contributed by atoms with E-state index >= 15 is 0 Å². The number of hydrogen-bond donors (Lipinski definition) is 1. The van der Waals surface area contributed by atoms with Crippen molar-refractivity contribution < 1.29 is 18.3 Å². The first kappa shape index (κ1) is 18.3. The predicted octanol–water partition coefficient (Wildman–Crippen LogP) is 3.30. The van der Waals surface area contributed by atoms with Gasteiger partial charge in [-0.1, -0.05) is 12.1 Å².